The van der Waals surface area contributed by atoms with Crippen LogP contribution in [0.2, 0.25) is 19.6 Å². The number of benzene rings is 1. The zero-order valence-corrected chi connectivity index (χ0v) is 20.5. The molecule has 5 nitrogen and oxygen atoms in total. The summed E-state index contributed by atoms with van der Waals surface area (Å²) in [6.07, 6.45) is 6.53. The van der Waals surface area contributed by atoms with E-state index in [1.54, 1.807) is 0 Å². The Balaban J connectivity index is 1.53. The Labute approximate surface area is 183 Å². The van der Waals surface area contributed by atoms with E-state index < -0.39 is 18.1 Å². The molecule has 1 aliphatic carbocycles. The summed E-state index contributed by atoms with van der Waals surface area (Å²) in [7, 11) is -4.74. The van der Waals surface area contributed by atoms with Crippen molar-refractivity contribution in [1.29, 1.82) is 0 Å². The van der Waals surface area contributed by atoms with Gasteiger partial charge in [0, 0.05) is 12.1 Å². The van der Waals surface area contributed by atoms with Crippen LogP contribution in [0.15, 0.2) is 30.3 Å². The van der Waals surface area contributed by atoms with Gasteiger partial charge in [-0.1, -0.05) is 55.9 Å². The Bertz CT molecular complexity index is 850. The van der Waals surface area contributed by atoms with Crippen molar-refractivity contribution in [3.05, 3.63) is 35.9 Å². The molecule has 166 valence electrons. The summed E-state index contributed by atoms with van der Waals surface area (Å²) in [6, 6.07) is 10.5. The first kappa shape index (κ1) is 23.5. The first-order chi connectivity index (χ1) is 14.1. The molecule has 0 amide bonds. The van der Waals surface area contributed by atoms with Gasteiger partial charge in [-0.05, 0) is 43.6 Å². The van der Waals surface area contributed by atoms with E-state index in [2.05, 4.69) is 71.5 Å². The van der Waals surface area contributed by atoms with Gasteiger partial charge in [-0.25, -0.2) is 13.1 Å². The van der Waals surface area contributed by atoms with Gasteiger partial charge in [-0.3, -0.25) is 5.32 Å². The third kappa shape index (κ3) is 7.51. The zero-order valence-electron chi connectivity index (χ0n) is 18.6. The van der Waals surface area contributed by atoms with Crippen LogP contribution < -0.4 is 10.0 Å². The molecule has 0 spiro atoms. The average molecular weight is 449 g/mol. The van der Waals surface area contributed by atoms with Gasteiger partial charge in [-0.2, -0.15) is 0 Å². The highest BCUT2D eigenvalue weighted by Gasteiger charge is 2.35. The van der Waals surface area contributed by atoms with Gasteiger partial charge in [-0.15, -0.1) is 5.54 Å². The minimum atomic E-state index is -3.27. The normalized spacial score (nSPS) is 29.9. The SMILES string of the molecule is C[Si](C)(C)C#CC1CC(NS(C)(=O)=O)C(COC2CCC(c3ccccc3)CC2)N1. The molecule has 1 aromatic carbocycles. The van der Waals surface area contributed by atoms with Gasteiger partial charge in [0.1, 0.15) is 8.07 Å². The first-order valence-electron chi connectivity index (χ1n) is 11.0. The number of sulfonamides is 1. The quantitative estimate of drug-likeness (QED) is 0.518. The van der Waals surface area contributed by atoms with E-state index in [0.717, 1.165) is 25.7 Å². The molecule has 1 saturated heterocycles. The van der Waals surface area contributed by atoms with Gasteiger partial charge >= 0.3 is 0 Å². The molecule has 30 heavy (non-hydrogen) atoms. The van der Waals surface area contributed by atoms with Crippen LogP contribution in [0.5, 0.6) is 0 Å². The van der Waals surface area contributed by atoms with Gasteiger partial charge < -0.3 is 4.74 Å². The lowest BCUT2D eigenvalue weighted by Gasteiger charge is -2.30. The lowest BCUT2D eigenvalue weighted by molar-refractivity contribution is 0.0124. The van der Waals surface area contributed by atoms with E-state index in [4.69, 9.17) is 4.74 Å². The van der Waals surface area contributed by atoms with Crippen LogP contribution in [0.25, 0.3) is 0 Å². The highest BCUT2D eigenvalue weighted by atomic mass is 32.2. The fourth-order valence-electron chi connectivity index (χ4n) is 4.36. The second-order valence-corrected chi connectivity index (χ2v) is 16.3. The summed E-state index contributed by atoms with van der Waals surface area (Å²) in [5, 5.41) is 3.51. The molecule has 2 fully saturated rings. The van der Waals surface area contributed by atoms with Crippen molar-refractivity contribution in [2.24, 2.45) is 0 Å². The summed E-state index contributed by atoms with van der Waals surface area (Å²) >= 11 is 0. The highest BCUT2D eigenvalue weighted by molar-refractivity contribution is 7.88. The van der Waals surface area contributed by atoms with Crippen molar-refractivity contribution < 1.29 is 13.2 Å². The van der Waals surface area contributed by atoms with Crippen LogP contribution in [0.4, 0.5) is 0 Å². The lowest BCUT2D eigenvalue weighted by Crippen LogP contribution is -2.46. The summed E-state index contributed by atoms with van der Waals surface area (Å²) in [6.45, 7) is 7.16. The Hall–Kier alpha value is -1.17. The number of hydrogen-bond donors (Lipinski definition) is 2. The fourth-order valence-corrected chi connectivity index (χ4v) is 5.78. The van der Waals surface area contributed by atoms with Crippen molar-refractivity contribution in [1.82, 2.24) is 10.0 Å². The predicted octanol–water partition coefficient (Wildman–Crippen LogP) is 3.26. The van der Waals surface area contributed by atoms with Gasteiger partial charge in [0.25, 0.3) is 0 Å². The maximum absolute atomic E-state index is 11.8. The van der Waals surface area contributed by atoms with Crippen LogP contribution in [-0.4, -0.2) is 53.6 Å². The van der Waals surface area contributed by atoms with E-state index >= 15 is 0 Å². The van der Waals surface area contributed by atoms with E-state index in [9.17, 15) is 8.42 Å². The Morgan fingerprint density at radius 2 is 1.80 bits per heavy atom. The molecule has 3 unspecified atom stereocenters. The summed E-state index contributed by atoms with van der Waals surface area (Å²) in [5.74, 6) is 3.96. The Morgan fingerprint density at radius 1 is 1.13 bits per heavy atom. The van der Waals surface area contributed by atoms with Crippen molar-refractivity contribution >= 4 is 18.1 Å². The average Bonchev–Trinajstić information content (AvgIpc) is 3.05. The monoisotopic (exact) mass is 448 g/mol. The molecule has 1 heterocycles. The second-order valence-electron chi connectivity index (χ2n) is 9.79. The van der Waals surface area contributed by atoms with E-state index in [1.807, 2.05) is 0 Å². The van der Waals surface area contributed by atoms with Crippen molar-refractivity contribution in [3.63, 3.8) is 0 Å². The van der Waals surface area contributed by atoms with Crippen LogP contribution in [0.1, 0.15) is 43.6 Å². The largest absolute Gasteiger partial charge is 0.377 e. The smallest absolute Gasteiger partial charge is 0.209 e. The first-order valence-corrected chi connectivity index (χ1v) is 16.4. The summed E-state index contributed by atoms with van der Waals surface area (Å²) < 4.78 is 32.7. The van der Waals surface area contributed by atoms with E-state index in [1.165, 1.54) is 11.8 Å². The van der Waals surface area contributed by atoms with Crippen molar-refractivity contribution in [2.75, 3.05) is 12.9 Å². The second kappa shape index (κ2) is 9.97. The topological polar surface area (TPSA) is 67.4 Å². The maximum atomic E-state index is 11.8. The van der Waals surface area contributed by atoms with Crippen molar-refractivity contribution in [2.45, 2.75) is 81.9 Å². The van der Waals surface area contributed by atoms with Crippen LogP contribution in [0.3, 0.4) is 0 Å². The van der Waals surface area contributed by atoms with Crippen LogP contribution in [-0.2, 0) is 14.8 Å². The molecular formula is C23H36N2O3SSi. The van der Waals surface area contributed by atoms with Gasteiger partial charge in [0.05, 0.1) is 25.0 Å². The van der Waals surface area contributed by atoms with Crippen LogP contribution in [0, 0.1) is 11.5 Å². The van der Waals surface area contributed by atoms with Crippen LogP contribution >= 0.6 is 0 Å². The molecule has 1 aliphatic heterocycles. The molecule has 3 atom stereocenters. The summed E-state index contributed by atoms with van der Waals surface area (Å²) in [4.78, 5) is 0. The predicted molar refractivity (Wildman–Crippen MR) is 126 cm³/mol. The molecule has 2 N–H and O–H groups in total. The standard InChI is InChI=1S/C23H36N2O3SSi/c1-29(26,27)25-22-16-20(14-15-30(2,3)4)24-23(22)17-28-21-12-10-19(11-13-21)18-8-6-5-7-9-18/h5-9,19-25H,10-13,16-17H2,1-4H3. The van der Waals surface area contributed by atoms with E-state index in [0.29, 0.717) is 18.9 Å². The van der Waals surface area contributed by atoms with E-state index in [-0.39, 0.29) is 24.2 Å². The Kier molecular flexibility index (Phi) is 7.80. The Morgan fingerprint density at radius 3 is 2.40 bits per heavy atom. The molecule has 1 saturated carbocycles. The minimum absolute atomic E-state index is 0.0124. The number of nitrogens with one attached hydrogen (secondary N) is 2. The molecular weight excluding hydrogens is 412 g/mol. The lowest BCUT2D eigenvalue weighted by atomic mass is 9.83. The number of ether oxygens (including phenoxy) is 1. The highest BCUT2D eigenvalue weighted by Crippen LogP contribution is 2.34. The summed E-state index contributed by atoms with van der Waals surface area (Å²) in [5.41, 5.74) is 4.83. The third-order valence-electron chi connectivity index (χ3n) is 5.83. The molecule has 0 radical (unpaired) electrons. The molecule has 7 heteroatoms. The molecule has 0 bridgehead atoms. The zero-order chi connectivity index (χ0) is 21.8. The van der Waals surface area contributed by atoms with Crippen molar-refractivity contribution in [3.8, 4) is 11.5 Å². The maximum Gasteiger partial charge on any atom is 0.209 e. The van der Waals surface area contributed by atoms with Gasteiger partial charge in [0.2, 0.25) is 10.0 Å². The fraction of sp³-hybridized carbons (Fsp3) is 0.652. The minimum Gasteiger partial charge on any atom is -0.377 e. The van der Waals surface area contributed by atoms with Gasteiger partial charge in [0.15, 0.2) is 0 Å². The molecule has 0 aromatic heterocycles. The number of hydrogen-bond acceptors (Lipinski definition) is 4. The molecule has 3 rings (SSSR count). The molecule has 1 aromatic rings. The third-order valence-corrected chi connectivity index (χ3v) is 7.46. The molecule has 2 aliphatic rings. The number of rotatable bonds is 6.